The normalized spacial score (nSPS) is 14.5. The molecule has 1 heterocycles. The molecule has 0 fully saturated rings. The lowest BCUT2D eigenvalue weighted by Crippen LogP contribution is -2.17. The highest BCUT2D eigenvalue weighted by Gasteiger charge is 2.20. The molecule has 3 heteroatoms. The van der Waals surface area contributed by atoms with E-state index < -0.39 is 0 Å². The van der Waals surface area contributed by atoms with Crippen LogP contribution in [0.4, 0.5) is 0 Å². The quantitative estimate of drug-likeness (QED) is 0.940. The molecular weight excluding hydrogens is 274 g/mol. The van der Waals surface area contributed by atoms with E-state index in [1.807, 2.05) is 36.4 Å². The van der Waals surface area contributed by atoms with Gasteiger partial charge < -0.3 is 14.7 Å². The lowest BCUT2D eigenvalue weighted by atomic mass is 9.91. The van der Waals surface area contributed by atoms with Crippen LogP contribution in [-0.2, 0) is 0 Å². The Bertz CT molecular complexity index is 704. The van der Waals surface area contributed by atoms with Crippen LogP contribution in [0.2, 0.25) is 0 Å². The number of nitrogens with zero attached hydrogens (tertiary/aromatic N) is 1. The first-order chi connectivity index (χ1) is 10.6. The number of aromatic hydroxyl groups is 1. The summed E-state index contributed by atoms with van der Waals surface area (Å²) in [5.41, 5.74) is 4.65. The molecule has 22 heavy (non-hydrogen) atoms. The fourth-order valence-corrected chi connectivity index (χ4v) is 2.96. The Balaban J connectivity index is 2.21. The predicted molar refractivity (Wildman–Crippen MR) is 89.2 cm³/mol. The van der Waals surface area contributed by atoms with E-state index in [1.54, 1.807) is 6.07 Å². The molecule has 0 unspecified atom stereocenters. The van der Waals surface area contributed by atoms with Gasteiger partial charge in [0.25, 0.3) is 0 Å². The third-order valence-electron chi connectivity index (χ3n) is 3.81. The van der Waals surface area contributed by atoms with Crippen molar-refractivity contribution in [1.29, 1.82) is 0 Å². The summed E-state index contributed by atoms with van der Waals surface area (Å²) in [6.45, 7) is 1.56. The Morgan fingerprint density at radius 1 is 1.09 bits per heavy atom. The molecule has 0 saturated heterocycles. The molecule has 0 aromatic heterocycles. The molecule has 2 aromatic carbocycles. The van der Waals surface area contributed by atoms with Gasteiger partial charge in [0.1, 0.15) is 11.5 Å². The molecule has 1 aliphatic rings. The number of phenols is 1. The fraction of sp³-hybridized carbons (Fsp3) is 0.263. The van der Waals surface area contributed by atoms with Gasteiger partial charge in [-0.1, -0.05) is 30.3 Å². The Kier molecular flexibility index (Phi) is 4.16. The maximum absolute atomic E-state index is 9.87. The molecule has 0 amide bonds. The molecule has 0 bridgehead atoms. The first-order valence-corrected chi connectivity index (χ1v) is 7.53. The summed E-state index contributed by atoms with van der Waals surface area (Å²) in [7, 11) is 4.15. The Morgan fingerprint density at radius 3 is 2.68 bits per heavy atom. The third kappa shape index (κ3) is 3.00. The van der Waals surface area contributed by atoms with Gasteiger partial charge in [-0.05, 0) is 49.0 Å². The first-order valence-electron chi connectivity index (χ1n) is 7.53. The number of fused-ring (bicyclic) bond motifs is 1. The lowest BCUT2D eigenvalue weighted by molar-refractivity contribution is 0.318. The molecule has 0 saturated carbocycles. The van der Waals surface area contributed by atoms with Gasteiger partial charge >= 0.3 is 0 Å². The third-order valence-corrected chi connectivity index (χ3v) is 3.81. The van der Waals surface area contributed by atoms with E-state index >= 15 is 0 Å². The number of benzene rings is 2. The van der Waals surface area contributed by atoms with Crippen molar-refractivity contribution in [2.24, 2.45) is 0 Å². The summed E-state index contributed by atoms with van der Waals surface area (Å²) in [4.78, 5) is 2.17. The number of ether oxygens (including phenoxy) is 1. The molecule has 2 aromatic rings. The summed E-state index contributed by atoms with van der Waals surface area (Å²) in [5, 5.41) is 9.87. The maximum atomic E-state index is 9.87. The van der Waals surface area contributed by atoms with Gasteiger partial charge in [-0.2, -0.15) is 0 Å². The average Bonchev–Trinajstić information content (AvgIpc) is 2.65. The summed E-state index contributed by atoms with van der Waals surface area (Å²) in [6.07, 6.45) is 0.887. The second-order valence-electron chi connectivity index (χ2n) is 5.86. The van der Waals surface area contributed by atoms with E-state index in [1.165, 1.54) is 11.1 Å². The SMILES string of the molecule is CN(C)CC1=C(c2cccc(O)c2)c2ccccc2OCC1. The maximum Gasteiger partial charge on any atom is 0.127 e. The molecule has 0 aliphatic carbocycles. The summed E-state index contributed by atoms with van der Waals surface area (Å²) < 4.78 is 5.92. The van der Waals surface area contributed by atoms with Crippen molar-refractivity contribution in [1.82, 2.24) is 4.90 Å². The average molecular weight is 295 g/mol. The van der Waals surface area contributed by atoms with Crippen molar-refractivity contribution in [3.05, 3.63) is 65.2 Å². The van der Waals surface area contributed by atoms with Crippen LogP contribution in [0.5, 0.6) is 11.5 Å². The molecule has 1 N–H and O–H groups in total. The largest absolute Gasteiger partial charge is 0.508 e. The molecule has 114 valence electrons. The summed E-state index contributed by atoms with van der Waals surface area (Å²) >= 11 is 0. The lowest BCUT2D eigenvalue weighted by Gasteiger charge is -2.18. The highest BCUT2D eigenvalue weighted by molar-refractivity contribution is 5.85. The Morgan fingerprint density at radius 2 is 1.91 bits per heavy atom. The standard InChI is InChI=1S/C19H21NO2/c1-20(2)13-15-10-11-22-18-9-4-3-8-17(18)19(15)14-6-5-7-16(21)12-14/h3-9,12,21H,10-11,13H2,1-2H3. The van der Waals surface area contributed by atoms with Crippen LogP contribution in [-0.4, -0.2) is 37.3 Å². The van der Waals surface area contributed by atoms with Crippen LogP contribution in [0.25, 0.3) is 5.57 Å². The molecule has 3 nitrogen and oxygen atoms in total. The van der Waals surface area contributed by atoms with Crippen LogP contribution in [0, 0.1) is 0 Å². The fourth-order valence-electron chi connectivity index (χ4n) is 2.96. The van der Waals surface area contributed by atoms with Crippen LogP contribution in [0.3, 0.4) is 0 Å². The molecule has 0 atom stereocenters. The highest BCUT2D eigenvalue weighted by atomic mass is 16.5. The molecule has 1 aliphatic heterocycles. The number of likely N-dealkylation sites (N-methyl/N-ethyl adjacent to an activating group) is 1. The van der Waals surface area contributed by atoms with E-state index in [0.717, 1.165) is 29.8 Å². The zero-order chi connectivity index (χ0) is 15.5. The second-order valence-corrected chi connectivity index (χ2v) is 5.86. The number of rotatable bonds is 3. The monoisotopic (exact) mass is 295 g/mol. The molecule has 3 rings (SSSR count). The van der Waals surface area contributed by atoms with Crippen LogP contribution in [0.1, 0.15) is 17.5 Å². The number of phenolic OH excluding ortho intramolecular Hbond substituents is 1. The number of hydrogen-bond donors (Lipinski definition) is 1. The van der Waals surface area contributed by atoms with Gasteiger partial charge in [0, 0.05) is 18.5 Å². The smallest absolute Gasteiger partial charge is 0.127 e. The zero-order valence-corrected chi connectivity index (χ0v) is 13.0. The van der Waals surface area contributed by atoms with Crippen molar-refractivity contribution in [3.8, 4) is 11.5 Å². The molecule has 0 radical (unpaired) electrons. The summed E-state index contributed by atoms with van der Waals surface area (Å²) in [5.74, 6) is 1.20. The minimum Gasteiger partial charge on any atom is -0.508 e. The molecule has 0 spiro atoms. The van der Waals surface area contributed by atoms with Crippen molar-refractivity contribution >= 4 is 5.57 Å². The van der Waals surface area contributed by atoms with E-state index in [9.17, 15) is 5.11 Å². The minimum atomic E-state index is 0.289. The topological polar surface area (TPSA) is 32.7 Å². The Hall–Kier alpha value is -2.26. The van der Waals surface area contributed by atoms with Crippen LogP contribution >= 0.6 is 0 Å². The van der Waals surface area contributed by atoms with Gasteiger partial charge in [-0.3, -0.25) is 0 Å². The van der Waals surface area contributed by atoms with E-state index in [4.69, 9.17) is 4.74 Å². The van der Waals surface area contributed by atoms with Crippen molar-refractivity contribution in [2.45, 2.75) is 6.42 Å². The van der Waals surface area contributed by atoms with E-state index in [2.05, 4.69) is 25.1 Å². The number of para-hydroxylation sites is 1. The van der Waals surface area contributed by atoms with Crippen LogP contribution < -0.4 is 4.74 Å². The second kappa shape index (κ2) is 6.24. The van der Waals surface area contributed by atoms with Gasteiger partial charge in [0.05, 0.1) is 6.61 Å². The molecular formula is C19H21NO2. The predicted octanol–water partition coefficient (Wildman–Crippen LogP) is 3.54. The van der Waals surface area contributed by atoms with E-state index in [-0.39, 0.29) is 5.75 Å². The van der Waals surface area contributed by atoms with Gasteiger partial charge in [0.15, 0.2) is 0 Å². The van der Waals surface area contributed by atoms with Crippen LogP contribution in [0.15, 0.2) is 54.1 Å². The van der Waals surface area contributed by atoms with Crippen molar-refractivity contribution in [3.63, 3.8) is 0 Å². The first kappa shape index (κ1) is 14.7. The van der Waals surface area contributed by atoms with Crippen molar-refractivity contribution in [2.75, 3.05) is 27.2 Å². The Labute approximate surface area is 131 Å². The number of hydrogen-bond acceptors (Lipinski definition) is 3. The van der Waals surface area contributed by atoms with Crippen molar-refractivity contribution < 1.29 is 9.84 Å². The highest BCUT2D eigenvalue weighted by Crippen LogP contribution is 2.37. The van der Waals surface area contributed by atoms with Gasteiger partial charge in [-0.15, -0.1) is 0 Å². The van der Waals surface area contributed by atoms with Gasteiger partial charge in [-0.25, -0.2) is 0 Å². The van der Waals surface area contributed by atoms with E-state index in [0.29, 0.717) is 6.61 Å². The zero-order valence-electron chi connectivity index (χ0n) is 13.0. The minimum absolute atomic E-state index is 0.289. The summed E-state index contributed by atoms with van der Waals surface area (Å²) in [6, 6.07) is 15.6. The van der Waals surface area contributed by atoms with Gasteiger partial charge in [0.2, 0.25) is 0 Å².